The number of nitriles is 1. The Bertz CT molecular complexity index is 1660. The van der Waals surface area contributed by atoms with Gasteiger partial charge in [0.05, 0.1) is 11.7 Å². The van der Waals surface area contributed by atoms with Crippen molar-refractivity contribution < 1.29 is 9.53 Å². The minimum Gasteiger partial charge on any atom is -0.457 e. The fourth-order valence-electron chi connectivity index (χ4n) is 4.57. The van der Waals surface area contributed by atoms with Crippen molar-refractivity contribution in [2.75, 3.05) is 12.3 Å². The molecule has 0 radical (unpaired) electrons. The van der Waals surface area contributed by atoms with Gasteiger partial charge in [-0.3, -0.25) is 13.9 Å². The van der Waals surface area contributed by atoms with Gasteiger partial charge in [0.2, 0.25) is 0 Å². The van der Waals surface area contributed by atoms with Crippen molar-refractivity contribution in [3.8, 4) is 23.3 Å². The second-order valence-electron chi connectivity index (χ2n) is 10.0. The van der Waals surface area contributed by atoms with Crippen LogP contribution in [0, 0.1) is 11.3 Å². The summed E-state index contributed by atoms with van der Waals surface area (Å²) in [4.78, 5) is 36.8. The number of rotatable bonds is 7. The van der Waals surface area contributed by atoms with Gasteiger partial charge in [0, 0.05) is 18.6 Å². The number of anilines is 1. The summed E-state index contributed by atoms with van der Waals surface area (Å²) in [6.45, 7) is 4.08. The lowest BCUT2D eigenvalue weighted by Gasteiger charge is -2.41. The monoisotopic (exact) mass is 524 g/mol. The van der Waals surface area contributed by atoms with Crippen LogP contribution < -0.4 is 21.9 Å². The SMILES string of the molecule is CC(C)(N)C=C(C#N)C(=O)N1CCC1Cn1c(=O)n(-c2ccc(Oc3ccccc3)cc2)c2c(N)ncnc21. The normalized spacial score (nSPS) is 15.6. The number of carbonyl (C=O) groups is 1. The molecular formula is C28H28N8O3. The molecule has 2 aromatic carbocycles. The molecule has 11 nitrogen and oxygen atoms in total. The van der Waals surface area contributed by atoms with Gasteiger partial charge in [-0.05, 0) is 62.7 Å². The van der Waals surface area contributed by atoms with Crippen LogP contribution in [0.15, 0.2) is 77.4 Å². The maximum Gasteiger partial charge on any atom is 0.335 e. The summed E-state index contributed by atoms with van der Waals surface area (Å²) >= 11 is 0. The lowest BCUT2D eigenvalue weighted by Crippen LogP contribution is -2.54. The molecule has 5 rings (SSSR count). The van der Waals surface area contributed by atoms with E-state index < -0.39 is 11.4 Å². The molecule has 1 aliphatic rings. The molecule has 2 aromatic heterocycles. The lowest BCUT2D eigenvalue weighted by atomic mass is 9.98. The molecule has 1 amide bonds. The van der Waals surface area contributed by atoms with Crippen molar-refractivity contribution >= 4 is 22.9 Å². The maximum absolute atomic E-state index is 13.7. The fraction of sp³-hybridized carbons (Fsp3) is 0.250. The van der Waals surface area contributed by atoms with Crippen LogP contribution in [0.25, 0.3) is 16.9 Å². The highest BCUT2D eigenvalue weighted by atomic mass is 16.5. The molecule has 0 aliphatic carbocycles. The number of hydrogen-bond acceptors (Lipinski definition) is 8. The number of nitrogens with two attached hydrogens (primary N) is 2. The number of likely N-dealkylation sites (tertiary alicyclic amines) is 1. The van der Waals surface area contributed by atoms with Gasteiger partial charge in [-0.15, -0.1) is 0 Å². The van der Waals surface area contributed by atoms with E-state index >= 15 is 0 Å². The highest BCUT2D eigenvalue weighted by Gasteiger charge is 2.36. The third-order valence-corrected chi connectivity index (χ3v) is 6.47. The molecule has 198 valence electrons. The van der Waals surface area contributed by atoms with Gasteiger partial charge in [-0.1, -0.05) is 18.2 Å². The number of imidazole rings is 1. The van der Waals surface area contributed by atoms with Crippen LogP contribution in [0.4, 0.5) is 5.82 Å². The van der Waals surface area contributed by atoms with Gasteiger partial charge in [0.1, 0.15) is 35.0 Å². The lowest BCUT2D eigenvalue weighted by molar-refractivity contribution is -0.134. The van der Waals surface area contributed by atoms with E-state index in [1.165, 1.54) is 21.5 Å². The van der Waals surface area contributed by atoms with E-state index in [1.807, 2.05) is 36.4 Å². The van der Waals surface area contributed by atoms with Crippen LogP contribution in [-0.2, 0) is 11.3 Å². The van der Waals surface area contributed by atoms with Gasteiger partial charge in [0.15, 0.2) is 11.5 Å². The van der Waals surface area contributed by atoms with E-state index in [0.717, 1.165) is 0 Å². The van der Waals surface area contributed by atoms with Gasteiger partial charge in [0.25, 0.3) is 5.91 Å². The topological polar surface area (TPSA) is 158 Å². The van der Waals surface area contributed by atoms with E-state index in [2.05, 4.69) is 9.97 Å². The van der Waals surface area contributed by atoms with Gasteiger partial charge < -0.3 is 21.1 Å². The van der Waals surface area contributed by atoms with Gasteiger partial charge >= 0.3 is 5.69 Å². The van der Waals surface area contributed by atoms with Gasteiger partial charge in [-0.2, -0.15) is 5.26 Å². The molecule has 1 saturated heterocycles. The molecule has 1 aliphatic heterocycles. The number of nitrogens with zero attached hydrogens (tertiary/aromatic N) is 6. The average Bonchev–Trinajstić information content (AvgIpc) is 3.17. The molecule has 0 saturated carbocycles. The Balaban J connectivity index is 1.47. The van der Waals surface area contributed by atoms with Crippen molar-refractivity contribution in [2.45, 2.75) is 38.4 Å². The summed E-state index contributed by atoms with van der Waals surface area (Å²) in [6.07, 6.45) is 3.43. The summed E-state index contributed by atoms with van der Waals surface area (Å²) in [6, 6.07) is 18.1. The quantitative estimate of drug-likeness (QED) is 0.276. The van der Waals surface area contributed by atoms with E-state index in [1.54, 1.807) is 43.0 Å². The number of para-hydroxylation sites is 1. The van der Waals surface area contributed by atoms with Crippen LogP contribution in [0.3, 0.4) is 0 Å². The molecule has 4 N–H and O–H groups in total. The zero-order valence-corrected chi connectivity index (χ0v) is 21.6. The summed E-state index contributed by atoms with van der Waals surface area (Å²) in [5, 5.41) is 9.53. The standard InChI is InChI=1S/C28H28N8O3/c1-28(2,31)14-18(15-29)26(37)34-13-12-20(34)16-35-25-23(24(30)32-17-33-25)36(27(35)38)19-8-10-22(11-9-19)39-21-6-4-3-5-7-21/h3-11,14,17,20H,12-13,16,31H2,1-2H3,(H2,30,32,33). The van der Waals surface area contributed by atoms with E-state index in [0.29, 0.717) is 41.3 Å². The first-order chi connectivity index (χ1) is 18.7. The summed E-state index contributed by atoms with van der Waals surface area (Å²) in [5.41, 5.74) is 12.3. The van der Waals surface area contributed by atoms with Crippen molar-refractivity contribution in [1.82, 2.24) is 24.0 Å². The first-order valence-corrected chi connectivity index (χ1v) is 12.4. The molecule has 0 bridgehead atoms. The van der Waals surface area contributed by atoms with E-state index in [9.17, 15) is 14.9 Å². The Labute approximate surface area is 224 Å². The van der Waals surface area contributed by atoms with Crippen molar-refractivity contribution in [2.24, 2.45) is 5.73 Å². The molecular weight excluding hydrogens is 496 g/mol. The third kappa shape index (κ3) is 5.10. The van der Waals surface area contributed by atoms with Crippen LogP contribution >= 0.6 is 0 Å². The van der Waals surface area contributed by atoms with Crippen LogP contribution in [0.1, 0.15) is 20.3 Å². The Morgan fingerprint density at radius 2 is 1.85 bits per heavy atom. The smallest absolute Gasteiger partial charge is 0.335 e. The molecule has 1 atom stereocenters. The highest BCUT2D eigenvalue weighted by molar-refractivity contribution is 5.98. The number of carbonyl (C=O) groups excluding carboxylic acids is 1. The second kappa shape index (κ2) is 10.1. The summed E-state index contributed by atoms with van der Waals surface area (Å²) in [7, 11) is 0. The number of benzene rings is 2. The van der Waals surface area contributed by atoms with Crippen LogP contribution in [-0.4, -0.2) is 48.0 Å². The number of amides is 1. The maximum atomic E-state index is 13.7. The number of hydrogen-bond donors (Lipinski definition) is 2. The Hall–Kier alpha value is -4.95. The minimum atomic E-state index is -0.818. The molecule has 11 heteroatoms. The number of fused-ring (bicyclic) bond motifs is 1. The molecule has 39 heavy (non-hydrogen) atoms. The van der Waals surface area contributed by atoms with E-state index in [4.69, 9.17) is 16.2 Å². The Kier molecular flexibility index (Phi) is 6.64. The highest BCUT2D eigenvalue weighted by Crippen LogP contribution is 2.27. The third-order valence-electron chi connectivity index (χ3n) is 6.47. The second-order valence-corrected chi connectivity index (χ2v) is 10.0. The van der Waals surface area contributed by atoms with Crippen molar-refractivity contribution in [1.29, 1.82) is 5.26 Å². The summed E-state index contributed by atoms with van der Waals surface area (Å²) in [5.74, 6) is 1.05. The van der Waals surface area contributed by atoms with E-state index in [-0.39, 0.29) is 29.7 Å². The fourth-order valence-corrected chi connectivity index (χ4v) is 4.57. The average molecular weight is 525 g/mol. The summed E-state index contributed by atoms with van der Waals surface area (Å²) < 4.78 is 8.82. The molecule has 0 spiro atoms. The first-order valence-electron chi connectivity index (χ1n) is 12.4. The zero-order chi connectivity index (χ0) is 27.7. The van der Waals surface area contributed by atoms with Crippen LogP contribution in [0.2, 0.25) is 0 Å². The Morgan fingerprint density at radius 3 is 2.46 bits per heavy atom. The van der Waals surface area contributed by atoms with Crippen molar-refractivity contribution in [3.05, 3.63) is 83.1 Å². The molecule has 4 aromatic rings. The predicted octanol–water partition coefficient (Wildman–Crippen LogP) is 2.74. The number of aromatic nitrogens is 4. The predicted molar refractivity (Wildman–Crippen MR) is 146 cm³/mol. The largest absolute Gasteiger partial charge is 0.457 e. The minimum absolute atomic E-state index is 0.0219. The molecule has 3 heterocycles. The Morgan fingerprint density at radius 1 is 1.15 bits per heavy atom. The molecule has 1 unspecified atom stereocenters. The van der Waals surface area contributed by atoms with Crippen LogP contribution in [0.5, 0.6) is 11.5 Å². The van der Waals surface area contributed by atoms with Gasteiger partial charge in [-0.25, -0.2) is 14.8 Å². The number of ether oxygens (including phenoxy) is 1. The first kappa shape index (κ1) is 25.7. The zero-order valence-electron chi connectivity index (χ0n) is 21.6. The molecule has 1 fully saturated rings. The number of nitrogen functional groups attached to an aromatic ring is 1. The van der Waals surface area contributed by atoms with Crippen molar-refractivity contribution in [3.63, 3.8) is 0 Å².